The van der Waals surface area contributed by atoms with E-state index in [9.17, 15) is 14.4 Å². The Morgan fingerprint density at radius 3 is 1.17 bits per heavy atom. The molecular weight excluding hydrogens is 663 g/mol. The van der Waals surface area contributed by atoms with E-state index in [0.29, 0.717) is 19.3 Å². The number of hydrogen-bond acceptors (Lipinski definition) is 7. The van der Waals surface area contributed by atoms with Gasteiger partial charge in [0.25, 0.3) is 0 Å². The van der Waals surface area contributed by atoms with Gasteiger partial charge in [0.2, 0.25) is 0 Å². The Morgan fingerprint density at radius 1 is 0.491 bits per heavy atom. The second-order valence-corrected chi connectivity index (χ2v) is 15.8. The molecule has 0 saturated carbocycles. The van der Waals surface area contributed by atoms with Crippen molar-refractivity contribution < 1.29 is 28.6 Å². The largest absolute Gasteiger partial charge is 0.465 e. The van der Waals surface area contributed by atoms with E-state index in [4.69, 9.17) is 14.2 Å². The molecule has 0 radical (unpaired) electrons. The van der Waals surface area contributed by atoms with Gasteiger partial charge in [-0.1, -0.05) is 129 Å². The van der Waals surface area contributed by atoms with Gasteiger partial charge in [-0.2, -0.15) is 0 Å². The van der Waals surface area contributed by atoms with Crippen LogP contribution in [0.1, 0.15) is 201 Å². The normalized spacial score (nSPS) is 13.7. The van der Waals surface area contributed by atoms with E-state index in [1.54, 1.807) is 0 Å². The number of ether oxygens (including phenoxy) is 3. The Hall–Kier alpha value is -2.15. The Bertz CT molecular complexity index is 875. The van der Waals surface area contributed by atoms with Crippen LogP contribution >= 0.6 is 0 Å². The summed E-state index contributed by atoms with van der Waals surface area (Å²) in [5.74, 6) is -0.267. The molecule has 1 rings (SSSR count). The lowest BCUT2D eigenvalue weighted by Crippen LogP contribution is -2.45. The molecule has 0 atom stereocenters. The van der Waals surface area contributed by atoms with Crippen LogP contribution in [0.5, 0.6) is 0 Å². The minimum atomic E-state index is -0.361. The van der Waals surface area contributed by atoms with E-state index in [1.165, 1.54) is 103 Å². The van der Waals surface area contributed by atoms with Crippen molar-refractivity contribution in [3.8, 4) is 0 Å². The molecule has 1 aliphatic heterocycles. The van der Waals surface area contributed by atoms with E-state index in [1.807, 2.05) is 0 Å². The molecule has 0 aromatic heterocycles. The third-order valence-electron chi connectivity index (χ3n) is 10.2. The molecule has 1 heterocycles. The molecule has 1 fully saturated rings. The molecule has 7 nitrogen and oxygen atoms in total. The molecule has 0 spiro atoms. The number of hydrogen-bond donors (Lipinski definition) is 0. The fourth-order valence-corrected chi connectivity index (χ4v) is 6.76. The van der Waals surface area contributed by atoms with E-state index in [0.717, 1.165) is 83.1 Å². The van der Waals surface area contributed by atoms with Crippen LogP contribution in [0.2, 0.25) is 0 Å². The van der Waals surface area contributed by atoms with Crippen LogP contribution in [0.3, 0.4) is 0 Å². The molecule has 308 valence electrons. The van der Waals surface area contributed by atoms with Crippen molar-refractivity contribution in [2.24, 2.45) is 11.8 Å². The first kappa shape index (κ1) is 48.9. The highest BCUT2D eigenvalue weighted by atomic mass is 16.6. The highest BCUT2D eigenvalue weighted by Gasteiger charge is 2.21. The molecule has 0 N–H and O–H groups in total. The van der Waals surface area contributed by atoms with Gasteiger partial charge >= 0.3 is 17.9 Å². The maximum absolute atomic E-state index is 12.5. The van der Waals surface area contributed by atoms with Crippen LogP contribution in [-0.2, 0) is 28.6 Å². The van der Waals surface area contributed by atoms with Gasteiger partial charge in [-0.05, 0) is 89.5 Å². The summed E-state index contributed by atoms with van der Waals surface area (Å²) in [5, 5.41) is 0. The summed E-state index contributed by atoms with van der Waals surface area (Å²) < 4.78 is 16.7. The lowest BCUT2D eigenvalue weighted by Gasteiger charge is -2.37. The molecule has 0 aliphatic carbocycles. The lowest BCUT2D eigenvalue weighted by molar-refractivity contribution is -0.153. The number of likely N-dealkylation sites (tertiary alicyclic amines) is 1. The zero-order valence-electron chi connectivity index (χ0n) is 34.9. The highest BCUT2D eigenvalue weighted by molar-refractivity contribution is 5.70. The fourth-order valence-electron chi connectivity index (χ4n) is 6.76. The molecule has 1 saturated heterocycles. The highest BCUT2D eigenvalue weighted by Crippen LogP contribution is 2.16. The van der Waals surface area contributed by atoms with Gasteiger partial charge in [0, 0.05) is 32.4 Å². The molecule has 0 bridgehead atoms. The first-order valence-electron chi connectivity index (χ1n) is 22.4. The standard InChI is InChI=1S/C46H83NO6/c1-4-6-8-10-12-14-16-18-20-22-24-26-29-33-44(48)51-39-43(41-53-46(50)35-31-28-32-36-47-37-42(3)38-47)40-52-45(49)34-30-27-25-23-21-19-17-15-13-11-9-7-5-2/h14-17,42-43H,4-13,18-41H2,1-3H3/b16-14-,17-15-. The Morgan fingerprint density at radius 2 is 0.811 bits per heavy atom. The third kappa shape index (κ3) is 33.0. The minimum absolute atomic E-state index is 0.0887. The van der Waals surface area contributed by atoms with E-state index < -0.39 is 0 Å². The average Bonchev–Trinajstić information content (AvgIpc) is 3.14. The number of unbranched alkanes of at least 4 members (excludes halogenated alkanes) is 20. The average molecular weight is 746 g/mol. The van der Waals surface area contributed by atoms with Gasteiger partial charge in [-0.3, -0.25) is 14.4 Å². The van der Waals surface area contributed by atoms with Crippen LogP contribution in [0, 0.1) is 11.8 Å². The smallest absolute Gasteiger partial charge is 0.305 e. The monoisotopic (exact) mass is 746 g/mol. The summed E-state index contributed by atoms with van der Waals surface area (Å²) in [7, 11) is 0. The van der Waals surface area contributed by atoms with Gasteiger partial charge in [-0.15, -0.1) is 0 Å². The number of esters is 3. The maximum Gasteiger partial charge on any atom is 0.305 e. The van der Waals surface area contributed by atoms with Crippen molar-refractivity contribution in [1.29, 1.82) is 0 Å². The number of nitrogens with zero attached hydrogens (tertiary/aromatic N) is 1. The summed E-state index contributed by atoms with van der Waals surface area (Å²) in [6, 6.07) is 0. The first-order valence-corrected chi connectivity index (χ1v) is 22.4. The molecule has 53 heavy (non-hydrogen) atoms. The summed E-state index contributed by atoms with van der Waals surface area (Å²) in [6.07, 6.45) is 39.2. The molecule has 0 aromatic rings. The summed E-state index contributed by atoms with van der Waals surface area (Å²) in [6.45, 7) is 10.5. The van der Waals surface area contributed by atoms with Gasteiger partial charge in [0.15, 0.2) is 0 Å². The Kier molecular flexibility index (Phi) is 33.9. The van der Waals surface area contributed by atoms with Gasteiger partial charge in [-0.25, -0.2) is 0 Å². The molecular formula is C46H83NO6. The predicted molar refractivity (Wildman–Crippen MR) is 221 cm³/mol. The zero-order valence-corrected chi connectivity index (χ0v) is 34.9. The van der Waals surface area contributed by atoms with Crippen LogP contribution < -0.4 is 0 Å². The quantitative estimate of drug-likeness (QED) is 0.0269. The van der Waals surface area contributed by atoms with Crippen molar-refractivity contribution in [3.05, 3.63) is 24.3 Å². The van der Waals surface area contributed by atoms with Gasteiger partial charge in [0.05, 0.1) is 5.92 Å². The van der Waals surface area contributed by atoms with Crippen molar-refractivity contribution in [1.82, 2.24) is 4.90 Å². The van der Waals surface area contributed by atoms with E-state index in [2.05, 4.69) is 50.0 Å². The van der Waals surface area contributed by atoms with Crippen LogP contribution in [0.15, 0.2) is 24.3 Å². The fraction of sp³-hybridized carbons (Fsp3) is 0.848. The van der Waals surface area contributed by atoms with Crippen molar-refractivity contribution in [2.45, 2.75) is 201 Å². The second kappa shape index (κ2) is 36.8. The molecule has 1 aliphatic rings. The Balaban J connectivity index is 2.26. The third-order valence-corrected chi connectivity index (χ3v) is 10.2. The molecule has 7 heteroatoms. The molecule has 0 unspecified atom stereocenters. The van der Waals surface area contributed by atoms with Crippen molar-refractivity contribution in [2.75, 3.05) is 39.5 Å². The lowest BCUT2D eigenvalue weighted by atomic mass is 10.0. The second-order valence-electron chi connectivity index (χ2n) is 15.8. The molecule has 0 amide bonds. The summed E-state index contributed by atoms with van der Waals surface area (Å²) in [5.41, 5.74) is 0. The Labute approximate surface area is 326 Å². The summed E-state index contributed by atoms with van der Waals surface area (Å²) >= 11 is 0. The van der Waals surface area contributed by atoms with Crippen LogP contribution in [0.25, 0.3) is 0 Å². The minimum Gasteiger partial charge on any atom is -0.465 e. The SMILES string of the molecule is CCCCCC/C=C\CCCCCCCC(=O)OCC(COC(=O)CCCCCCC/C=C\CCCCCC)COC(=O)CCCCCN1CC(C)C1. The topological polar surface area (TPSA) is 82.1 Å². The first-order chi connectivity index (χ1) is 25.9. The molecule has 0 aromatic carbocycles. The van der Waals surface area contributed by atoms with E-state index in [-0.39, 0.29) is 43.6 Å². The number of carbonyl (C=O) groups excluding carboxylic acids is 3. The van der Waals surface area contributed by atoms with E-state index >= 15 is 0 Å². The number of carbonyl (C=O) groups is 3. The van der Waals surface area contributed by atoms with Crippen LogP contribution in [0.4, 0.5) is 0 Å². The number of rotatable bonds is 38. The maximum atomic E-state index is 12.5. The number of allylic oxidation sites excluding steroid dienone is 4. The van der Waals surface area contributed by atoms with Crippen LogP contribution in [-0.4, -0.2) is 62.3 Å². The van der Waals surface area contributed by atoms with Crippen molar-refractivity contribution in [3.63, 3.8) is 0 Å². The van der Waals surface area contributed by atoms with Gasteiger partial charge < -0.3 is 19.1 Å². The van der Waals surface area contributed by atoms with Crippen molar-refractivity contribution >= 4 is 17.9 Å². The summed E-state index contributed by atoms with van der Waals surface area (Å²) in [4.78, 5) is 40.0. The zero-order chi connectivity index (χ0) is 38.5. The predicted octanol–water partition coefficient (Wildman–Crippen LogP) is 12.3. The van der Waals surface area contributed by atoms with Gasteiger partial charge in [0.1, 0.15) is 19.8 Å².